The highest BCUT2D eigenvalue weighted by Gasteiger charge is 2.06. The van der Waals surface area contributed by atoms with E-state index in [4.69, 9.17) is 11.0 Å². The smallest absolute Gasteiger partial charge is 0.149 e. The third-order valence-electron chi connectivity index (χ3n) is 3.32. The van der Waals surface area contributed by atoms with Crippen LogP contribution in [0, 0.1) is 18.3 Å². The predicted octanol–water partition coefficient (Wildman–Crippen LogP) is 2.40. The molecule has 0 saturated heterocycles. The first kappa shape index (κ1) is 13.8. The molecule has 0 radical (unpaired) electrons. The van der Waals surface area contributed by atoms with Crippen LogP contribution < -0.4 is 11.1 Å². The Hall–Kier alpha value is -3.20. The number of aryl methyl sites for hydroxylation is 1. The van der Waals surface area contributed by atoms with Crippen LogP contribution in [0.2, 0.25) is 0 Å². The second kappa shape index (κ2) is 5.66. The number of nitrogen functional groups attached to an aromatic ring is 1. The number of nitrogens with one attached hydrogen (secondary N) is 1. The Kier molecular flexibility index (Phi) is 3.54. The minimum atomic E-state index is 0.192. The number of hydrogen-bond donors (Lipinski definition) is 2. The lowest BCUT2D eigenvalue weighted by Crippen LogP contribution is -2.09. The highest BCUT2D eigenvalue weighted by atomic mass is 15.0. The molecule has 0 bridgehead atoms. The van der Waals surface area contributed by atoms with Gasteiger partial charge in [-0.15, -0.1) is 0 Å². The molecule has 0 fully saturated rings. The van der Waals surface area contributed by atoms with Crippen molar-refractivity contribution in [3.63, 3.8) is 0 Å². The zero-order valence-electron chi connectivity index (χ0n) is 12.0. The Balaban J connectivity index is 1.83. The van der Waals surface area contributed by atoms with E-state index in [0.29, 0.717) is 12.4 Å². The van der Waals surface area contributed by atoms with Crippen molar-refractivity contribution < 1.29 is 0 Å². The summed E-state index contributed by atoms with van der Waals surface area (Å²) in [5, 5.41) is 13.1. The summed E-state index contributed by atoms with van der Waals surface area (Å²) >= 11 is 0. The van der Waals surface area contributed by atoms with Crippen molar-refractivity contribution in [2.75, 3.05) is 11.1 Å². The highest BCUT2D eigenvalue weighted by molar-refractivity contribution is 5.81. The van der Waals surface area contributed by atoms with Crippen LogP contribution >= 0.6 is 0 Å². The summed E-state index contributed by atoms with van der Waals surface area (Å²) in [4.78, 5) is 12.8. The lowest BCUT2D eigenvalue weighted by atomic mass is 10.1. The molecule has 6 heteroatoms. The van der Waals surface area contributed by atoms with Crippen LogP contribution in [0.5, 0.6) is 0 Å². The number of benzene rings is 1. The summed E-state index contributed by atoms with van der Waals surface area (Å²) in [6.45, 7) is 2.39. The van der Waals surface area contributed by atoms with Crippen molar-refractivity contribution in [1.29, 1.82) is 5.26 Å². The molecule has 3 rings (SSSR count). The van der Waals surface area contributed by atoms with Crippen molar-refractivity contribution in [2.24, 2.45) is 0 Å². The molecule has 1 aromatic carbocycles. The Bertz CT molecular complexity index is 881. The third-order valence-corrected chi connectivity index (χ3v) is 3.32. The molecule has 0 spiro atoms. The maximum atomic E-state index is 8.82. The van der Waals surface area contributed by atoms with E-state index in [2.05, 4.69) is 26.3 Å². The maximum Gasteiger partial charge on any atom is 0.149 e. The highest BCUT2D eigenvalue weighted by Crippen LogP contribution is 2.19. The van der Waals surface area contributed by atoms with Crippen molar-refractivity contribution in [3.8, 4) is 6.07 Å². The van der Waals surface area contributed by atoms with E-state index < -0.39 is 0 Å². The number of hydrogen-bond acceptors (Lipinski definition) is 6. The summed E-state index contributed by atoms with van der Waals surface area (Å²) in [5.41, 5.74) is 7.94. The van der Waals surface area contributed by atoms with Gasteiger partial charge in [-0.05, 0) is 24.6 Å². The average molecular weight is 290 g/mol. The van der Waals surface area contributed by atoms with Crippen LogP contribution in [0.3, 0.4) is 0 Å². The summed E-state index contributed by atoms with van der Waals surface area (Å²) in [5.74, 6) is 1.49. The zero-order chi connectivity index (χ0) is 15.5. The van der Waals surface area contributed by atoms with Gasteiger partial charge in [0.2, 0.25) is 0 Å². The fourth-order valence-corrected chi connectivity index (χ4v) is 2.17. The van der Waals surface area contributed by atoms with E-state index in [1.165, 1.54) is 6.20 Å². The fraction of sp³-hybridized carbons (Fsp3) is 0.125. The lowest BCUT2D eigenvalue weighted by molar-refractivity contribution is 0.942. The second-order valence-electron chi connectivity index (χ2n) is 4.90. The van der Waals surface area contributed by atoms with Gasteiger partial charge in [0.25, 0.3) is 0 Å². The van der Waals surface area contributed by atoms with Crippen LogP contribution in [-0.2, 0) is 6.54 Å². The van der Waals surface area contributed by atoms with Crippen LogP contribution in [-0.4, -0.2) is 15.0 Å². The molecule has 2 heterocycles. The molecule has 108 valence electrons. The Labute approximate surface area is 127 Å². The van der Waals surface area contributed by atoms with E-state index >= 15 is 0 Å². The standard InChI is InChI=1S/C16H14N6/c1-10-6-11-4-2-3-5-13(11)21-16(10)20-9-14-19-8-12(7-17)15(18)22-14/h2-6,8H,9H2,1H3,(H,20,21)(H2,18,19,22). The number of aromatic nitrogens is 3. The van der Waals surface area contributed by atoms with Crippen LogP contribution in [0.4, 0.5) is 11.6 Å². The van der Waals surface area contributed by atoms with Crippen molar-refractivity contribution >= 4 is 22.5 Å². The zero-order valence-corrected chi connectivity index (χ0v) is 12.0. The molecule has 2 aromatic heterocycles. The molecule has 0 aliphatic heterocycles. The molecule has 22 heavy (non-hydrogen) atoms. The van der Waals surface area contributed by atoms with Crippen molar-refractivity contribution in [2.45, 2.75) is 13.5 Å². The predicted molar refractivity (Wildman–Crippen MR) is 85.0 cm³/mol. The van der Waals surface area contributed by atoms with Gasteiger partial charge in [0, 0.05) is 5.39 Å². The molecule has 0 saturated carbocycles. The number of para-hydroxylation sites is 1. The molecule has 0 aliphatic rings. The normalized spacial score (nSPS) is 10.4. The minimum Gasteiger partial charge on any atom is -0.382 e. The summed E-state index contributed by atoms with van der Waals surface area (Å²) < 4.78 is 0. The largest absolute Gasteiger partial charge is 0.382 e. The van der Waals surface area contributed by atoms with E-state index in [9.17, 15) is 0 Å². The van der Waals surface area contributed by atoms with Gasteiger partial charge in [-0.25, -0.2) is 15.0 Å². The Morgan fingerprint density at radius 2 is 2.09 bits per heavy atom. The molecule has 3 N–H and O–H groups in total. The third kappa shape index (κ3) is 2.65. The van der Waals surface area contributed by atoms with Gasteiger partial charge in [-0.1, -0.05) is 18.2 Å². The first-order valence-electron chi connectivity index (χ1n) is 6.79. The first-order chi connectivity index (χ1) is 10.7. The van der Waals surface area contributed by atoms with Gasteiger partial charge in [0.05, 0.1) is 18.3 Å². The number of nitrogens with zero attached hydrogens (tertiary/aromatic N) is 4. The van der Waals surface area contributed by atoms with Crippen LogP contribution in [0.15, 0.2) is 36.5 Å². The topological polar surface area (TPSA) is 101 Å². The summed E-state index contributed by atoms with van der Waals surface area (Å²) in [7, 11) is 0. The van der Waals surface area contributed by atoms with Gasteiger partial charge in [-0.3, -0.25) is 0 Å². The number of pyridine rings is 1. The molecule has 0 atom stereocenters. The molecular weight excluding hydrogens is 276 g/mol. The van der Waals surface area contributed by atoms with Gasteiger partial charge in [0.15, 0.2) is 0 Å². The number of anilines is 2. The SMILES string of the molecule is Cc1cc2ccccc2nc1NCc1ncc(C#N)c(N)n1. The number of nitrogens with two attached hydrogens (primary N) is 1. The van der Waals surface area contributed by atoms with Crippen molar-refractivity contribution in [3.05, 3.63) is 53.5 Å². The maximum absolute atomic E-state index is 8.82. The fourth-order valence-electron chi connectivity index (χ4n) is 2.17. The molecule has 3 aromatic rings. The molecule has 0 amide bonds. The van der Waals surface area contributed by atoms with E-state index in [-0.39, 0.29) is 11.4 Å². The van der Waals surface area contributed by atoms with Crippen LogP contribution in [0.1, 0.15) is 17.0 Å². The first-order valence-corrected chi connectivity index (χ1v) is 6.79. The molecule has 6 nitrogen and oxygen atoms in total. The number of fused-ring (bicyclic) bond motifs is 1. The van der Waals surface area contributed by atoms with Crippen LogP contribution in [0.25, 0.3) is 10.9 Å². The molecular formula is C16H14N6. The average Bonchev–Trinajstić information content (AvgIpc) is 2.53. The van der Waals surface area contributed by atoms with Gasteiger partial charge in [-0.2, -0.15) is 5.26 Å². The minimum absolute atomic E-state index is 0.192. The Morgan fingerprint density at radius 1 is 1.27 bits per heavy atom. The van der Waals surface area contributed by atoms with Gasteiger partial charge >= 0.3 is 0 Å². The molecule has 0 aliphatic carbocycles. The number of nitriles is 1. The number of rotatable bonds is 3. The van der Waals surface area contributed by atoms with Gasteiger partial charge in [0.1, 0.15) is 29.1 Å². The monoisotopic (exact) mass is 290 g/mol. The molecule has 0 unspecified atom stereocenters. The van der Waals surface area contributed by atoms with E-state index in [1.54, 1.807) is 0 Å². The second-order valence-corrected chi connectivity index (χ2v) is 4.90. The Morgan fingerprint density at radius 3 is 2.86 bits per heavy atom. The van der Waals surface area contributed by atoms with E-state index in [0.717, 1.165) is 22.3 Å². The van der Waals surface area contributed by atoms with Crippen molar-refractivity contribution in [1.82, 2.24) is 15.0 Å². The quantitative estimate of drug-likeness (QED) is 0.768. The van der Waals surface area contributed by atoms with E-state index in [1.807, 2.05) is 37.3 Å². The van der Waals surface area contributed by atoms with Gasteiger partial charge < -0.3 is 11.1 Å². The lowest BCUT2D eigenvalue weighted by Gasteiger charge is -2.09. The summed E-state index contributed by atoms with van der Waals surface area (Å²) in [6, 6.07) is 12.0. The summed E-state index contributed by atoms with van der Waals surface area (Å²) in [6.07, 6.45) is 1.43.